The summed E-state index contributed by atoms with van der Waals surface area (Å²) < 4.78 is 0. The van der Waals surface area contributed by atoms with Gasteiger partial charge >= 0.3 is 6.03 Å². The van der Waals surface area contributed by atoms with Crippen molar-refractivity contribution in [1.82, 2.24) is 9.88 Å². The molecule has 1 saturated heterocycles. The van der Waals surface area contributed by atoms with Gasteiger partial charge in [-0.15, -0.1) is 11.3 Å². The van der Waals surface area contributed by atoms with E-state index in [4.69, 9.17) is 0 Å². The molecule has 1 aromatic heterocycles. The quantitative estimate of drug-likeness (QED) is 0.873. The van der Waals surface area contributed by atoms with Gasteiger partial charge in [0.1, 0.15) is 0 Å². The first-order valence-electron chi connectivity index (χ1n) is 8.27. The molecule has 2 unspecified atom stereocenters. The smallest absolute Gasteiger partial charge is 0.323 e. The Morgan fingerprint density at radius 2 is 2.32 bits per heavy atom. The number of hydrogen-bond acceptors (Lipinski definition) is 4. The highest BCUT2D eigenvalue weighted by atomic mass is 32.1. The van der Waals surface area contributed by atoms with Gasteiger partial charge in [0.05, 0.1) is 11.8 Å². The predicted octanol–water partition coefficient (Wildman–Crippen LogP) is 3.28. The standard InChI is InChI=1S/C16H27N3O2S/c1-4-7-13-14(5-2)22-15(17-13)18-16(21)19-9-6-8-12(10-19)11(3)20/h11-12,20H,4-10H2,1-3H3,(H,17,18,21). The third-order valence-corrected chi connectivity index (χ3v) is 5.38. The van der Waals surface area contributed by atoms with Crippen LogP contribution in [0.3, 0.4) is 0 Å². The van der Waals surface area contributed by atoms with Gasteiger partial charge in [0.25, 0.3) is 0 Å². The van der Waals surface area contributed by atoms with Gasteiger partial charge in [0.15, 0.2) is 5.13 Å². The molecule has 5 nitrogen and oxygen atoms in total. The third kappa shape index (κ3) is 4.20. The van der Waals surface area contributed by atoms with Crippen molar-refractivity contribution in [2.45, 2.75) is 59.0 Å². The Hall–Kier alpha value is -1.14. The van der Waals surface area contributed by atoms with Crippen molar-refractivity contribution in [2.75, 3.05) is 18.4 Å². The van der Waals surface area contributed by atoms with Crippen LogP contribution in [0.2, 0.25) is 0 Å². The van der Waals surface area contributed by atoms with Gasteiger partial charge in [-0.2, -0.15) is 0 Å². The molecule has 0 spiro atoms. The zero-order valence-electron chi connectivity index (χ0n) is 13.8. The Morgan fingerprint density at radius 1 is 1.55 bits per heavy atom. The van der Waals surface area contributed by atoms with Gasteiger partial charge in [-0.3, -0.25) is 5.32 Å². The highest BCUT2D eigenvalue weighted by Gasteiger charge is 2.27. The number of rotatable bonds is 5. The van der Waals surface area contributed by atoms with Crippen molar-refractivity contribution >= 4 is 22.5 Å². The number of nitrogens with one attached hydrogen (secondary N) is 1. The fraction of sp³-hybridized carbons (Fsp3) is 0.750. The average Bonchev–Trinajstić information content (AvgIpc) is 2.89. The van der Waals surface area contributed by atoms with Crippen LogP contribution in [-0.4, -0.2) is 40.2 Å². The largest absolute Gasteiger partial charge is 0.393 e. The summed E-state index contributed by atoms with van der Waals surface area (Å²) in [6, 6.07) is -0.0928. The Morgan fingerprint density at radius 3 is 2.95 bits per heavy atom. The predicted molar refractivity (Wildman–Crippen MR) is 90.5 cm³/mol. The fourth-order valence-electron chi connectivity index (χ4n) is 2.90. The molecule has 6 heteroatoms. The summed E-state index contributed by atoms with van der Waals surface area (Å²) in [4.78, 5) is 20.0. The van der Waals surface area contributed by atoms with E-state index in [1.807, 2.05) is 0 Å². The van der Waals surface area contributed by atoms with E-state index in [9.17, 15) is 9.90 Å². The number of carbonyl (C=O) groups excluding carboxylic acids is 1. The molecule has 0 bridgehead atoms. The summed E-state index contributed by atoms with van der Waals surface area (Å²) >= 11 is 1.58. The minimum absolute atomic E-state index is 0.0928. The maximum atomic E-state index is 12.4. The molecule has 0 aliphatic carbocycles. The van der Waals surface area contributed by atoms with E-state index in [-0.39, 0.29) is 18.1 Å². The lowest BCUT2D eigenvalue weighted by Gasteiger charge is -2.33. The molecule has 1 fully saturated rings. The lowest BCUT2D eigenvalue weighted by molar-refractivity contribution is 0.0766. The van der Waals surface area contributed by atoms with Crippen LogP contribution in [-0.2, 0) is 12.8 Å². The first kappa shape index (κ1) is 17.2. The molecular formula is C16H27N3O2S. The number of carbonyl (C=O) groups is 1. The van der Waals surface area contributed by atoms with Crippen LogP contribution in [0, 0.1) is 5.92 Å². The summed E-state index contributed by atoms with van der Waals surface area (Å²) in [7, 11) is 0. The number of aliphatic hydroxyl groups excluding tert-OH is 1. The van der Waals surface area contributed by atoms with E-state index in [2.05, 4.69) is 24.1 Å². The Labute approximate surface area is 136 Å². The summed E-state index contributed by atoms with van der Waals surface area (Å²) in [5, 5.41) is 13.4. The summed E-state index contributed by atoms with van der Waals surface area (Å²) in [6.07, 6.45) is 4.55. The highest BCUT2D eigenvalue weighted by Crippen LogP contribution is 2.26. The van der Waals surface area contributed by atoms with Crippen LogP contribution < -0.4 is 5.32 Å². The molecule has 124 valence electrons. The van der Waals surface area contributed by atoms with Crippen LogP contribution in [0.25, 0.3) is 0 Å². The molecular weight excluding hydrogens is 298 g/mol. The molecule has 1 aromatic rings. The first-order valence-corrected chi connectivity index (χ1v) is 9.09. The van der Waals surface area contributed by atoms with Crippen LogP contribution in [0.4, 0.5) is 9.93 Å². The maximum absolute atomic E-state index is 12.4. The van der Waals surface area contributed by atoms with Gasteiger partial charge < -0.3 is 10.0 Å². The molecule has 22 heavy (non-hydrogen) atoms. The van der Waals surface area contributed by atoms with Gasteiger partial charge in [0.2, 0.25) is 0 Å². The number of urea groups is 1. The number of amides is 2. The maximum Gasteiger partial charge on any atom is 0.323 e. The SMILES string of the molecule is CCCc1nc(NC(=O)N2CCCC(C(C)O)C2)sc1CC. The van der Waals surface area contributed by atoms with E-state index >= 15 is 0 Å². The van der Waals surface area contributed by atoms with E-state index in [0.29, 0.717) is 11.7 Å². The number of aromatic nitrogens is 1. The van der Waals surface area contributed by atoms with Gasteiger partial charge in [-0.25, -0.2) is 9.78 Å². The Bertz CT molecular complexity index is 502. The molecule has 2 amide bonds. The summed E-state index contributed by atoms with van der Waals surface area (Å²) in [5.74, 6) is 0.178. The monoisotopic (exact) mass is 325 g/mol. The van der Waals surface area contributed by atoms with Crippen molar-refractivity contribution < 1.29 is 9.90 Å². The molecule has 1 aliphatic heterocycles. The van der Waals surface area contributed by atoms with Crippen LogP contribution in [0.1, 0.15) is 50.6 Å². The van der Waals surface area contributed by atoms with Gasteiger partial charge in [-0.1, -0.05) is 20.3 Å². The number of anilines is 1. The van der Waals surface area contributed by atoms with Crippen LogP contribution in [0.15, 0.2) is 0 Å². The van der Waals surface area contributed by atoms with Crippen molar-refractivity contribution in [2.24, 2.45) is 5.92 Å². The summed E-state index contributed by atoms with van der Waals surface area (Å²) in [6.45, 7) is 7.44. The molecule has 2 atom stereocenters. The van der Waals surface area contributed by atoms with Crippen molar-refractivity contribution in [3.8, 4) is 0 Å². The molecule has 1 aliphatic rings. The zero-order chi connectivity index (χ0) is 16.1. The molecule has 2 heterocycles. The van der Waals surface area contributed by atoms with Crippen LogP contribution in [0.5, 0.6) is 0 Å². The zero-order valence-corrected chi connectivity index (χ0v) is 14.6. The lowest BCUT2D eigenvalue weighted by Crippen LogP contribution is -2.44. The normalized spacial score (nSPS) is 20.0. The number of nitrogens with zero attached hydrogens (tertiary/aromatic N) is 2. The average molecular weight is 325 g/mol. The first-order chi connectivity index (χ1) is 10.5. The van der Waals surface area contributed by atoms with E-state index in [0.717, 1.165) is 44.3 Å². The molecule has 0 saturated carbocycles. The van der Waals surface area contributed by atoms with Gasteiger partial charge in [-0.05, 0) is 32.6 Å². The molecule has 2 rings (SSSR count). The van der Waals surface area contributed by atoms with E-state index in [1.165, 1.54) is 4.88 Å². The minimum Gasteiger partial charge on any atom is -0.393 e. The second kappa shape index (κ2) is 7.92. The summed E-state index contributed by atoms with van der Waals surface area (Å²) in [5.41, 5.74) is 1.12. The molecule has 0 radical (unpaired) electrons. The highest BCUT2D eigenvalue weighted by molar-refractivity contribution is 7.15. The number of thiazole rings is 1. The van der Waals surface area contributed by atoms with Crippen molar-refractivity contribution in [1.29, 1.82) is 0 Å². The van der Waals surface area contributed by atoms with E-state index in [1.54, 1.807) is 23.2 Å². The minimum atomic E-state index is -0.363. The third-order valence-electron chi connectivity index (χ3n) is 4.23. The number of hydrogen-bond donors (Lipinski definition) is 2. The van der Waals surface area contributed by atoms with E-state index < -0.39 is 0 Å². The number of aliphatic hydroxyl groups is 1. The second-order valence-electron chi connectivity index (χ2n) is 6.01. The second-order valence-corrected chi connectivity index (χ2v) is 7.10. The lowest BCUT2D eigenvalue weighted by atomic mass is 9.94. The Kier molecular flexibility index (Phi) is 6.20. The molecule has 0 aromatic carbocycles. The number of likely N-dealkylation sites (tertiary alicyclic amines) is 1. The van der Waals surface area contributed by atoms with Crippen molar-refractivity contribution in [3.05, 3.63) is 10.6 Å². The van der Waals surface area contributed by atoms with Gasteiger partial charge in [0, 0.05) is 23.9 Å². The van der Waals surface area contributed by atoms with Crippen molar-refractivity contribution in [3.63, 3.8) is 0 Å². The Balaban J connectivity index is 1.99. The molecule has 2 N–H and O–H groups in total. The number of piperidine rings is 1. The number of aryl methyl sites for hydroxylation is 2. The van der Waals surface area contributed by atoms with Crippen LogP contribution >= 0.6 is 11.3 Å². The fourth-order valence-corrected chi connectivity index (χ4v) is 3.84. The topological polar surface area (TPSA) is 65.5 Å².